The van der Waals surface area contributed by atoms with Crippen LogP contribution in [0.2, 0.25) is 0 Å². The number of oxazole rings is 1. The third kappa shape index (κ3) is 3.00. The van der Waals surface area contributed by atoms with Crippen molar-refractivity contribution < 1.29 is 18.7 Å². The number of benzene rings is 1. The number of aromatic nitrogens is 1. The van der Waals surface area contributed by atoms with Crippen molar-refractivity contribution in [1.29, 1.82) is 0 Å². The number of carbonyl (C=O) groups excluding carboxylic acids is 2. The lowest BCUT2D eigenvalue weighted by Gasteiger charge is -2.07. The van der Waals surface area contributed by atoms with Crippen molar-refractivity contribution in [2.75, 3.05) is 0 Å². The molecule has 2 aromatic rings. The van der Waals surface area contributed by atoms with Gasteiger partial charge in [-0.05, 0) is 37.5 Å². The monoisotopic (exact) mass is 300 g/mol. The molecule has 0 atom stereocenters. The van der Waals surface area contributed by atoms with E-state index >= 15 is 0 Å². The number of primary amides is 1. The van der Waals surface area contributed by atoms with Crippen LogP contribution in [-0.2, 0) is 11.3 Å². The molecular weight excluding hydrogens is 284 g/mol. The standard InChI is InChI=1S/C16H16N2O4/c1-9-2-3-11(14(17)19)6-13(9)16(20)21-8-12-7-18-15(22-12)10-4-5-10/h2-3,6-7,10H,4-5,8H2,1H3,(H2,17,19). The molecule has 0 aliphatic heterocycles. The summed E-state index contributed by atoms with van der Waals surface area (Å²) in [6, 6.07) is 4.68. The number of nitrogens with two attached hydrogens (primary N) is 1. The quantitative estimate of drug-likeness (QED) is 0.855. The molecule has 0 unspecified atom stereocenters. The van der Waals surface area contributed by atoms with Crippen LogP contribution in [-0.4, -0.2) is 16.9 Å². The number of esters is 1. The van der Waals surface area contributed by atoms with Gasteiger partial charge in [-0.25, -0.2) is 9.78 Å². The van der Waals surface area contributed by atoms with E-state index in [4.69, 9.17) is 14.9 Å². The van der Waals surface area contributed by atoms with Gasteiger partial charge in [-0.15, -0.1) is 0 Å². The van der Waals surface area contributed by atoms with Gasteiger partial charge in [0.15, 0.2) is 18.3 Å². The molecular formula is C16H16N2O4. The van der Waals surface area contributed by atoms with Crippen LogP contribution in [0, 0.1) is 6.92 Å². The lowest BCUT2D eigenvalue weighted by Crippen LogP contribution is -2.13. The minimum Gasteiger partial charge on any atom is -0.454 e. The summed E-state index contributed by atoms with van der Waals surface area (Å²) in [6.07, 6.45) is 3.77. The lowest BCUT2D eigenvalue weighted by atomic mass is 10.0. The van der Waals surface area contributed by atoms with Gasteiger partial charge in [0.25, 0.3) is 0 Å². The van der Waals surface area contributed by atoms with Gasteiger partial charge in [-0.2, -0.15) is 0 Å². The van der Waals surface area contributed by atoms with E-state index in [1.165, 1.54) is 6.07 Å². The van der Waals surface area contributed by atoms with E-state index < -0.39 is 11.9 Å². The Bertz CT molecular complexity index is 731. The van der Waals surface area contributed by atoms with Gasteiger partial charge in [0, 0.05) is 11.5 Å². The van der Waals surface area contributed by atoms with Gasteiger partial charge in [0.05, 0.1) is 11.8 Å². The number of aryl methyl sites for hydroxylation is 1. The Morgan fingerprint density at radius 3 is 2.86 bits per heavy atom. The lowest BCUT2D eigenvalue weighted by molar-refractivity contribution is 0.0443. The first-order chi connectivity index (χ1) is 10.5. The second-order valence-corrected chi connectivity index (χ2v) is 5.41. The molecule has 2 N–H and O–H groups in total. The fraction of sp³-hybridized carbons (Fsp3) is 0.312. The van der Waals surface area contributed by atoms with Crippen LogP contribution < -0.4 is 5.73 Å². The van der Waals surface area contributed by atoms with Crippen molar-refractivity contribution in [2.24, 2.45) is 5.73 Å². The van der Waals surface area contributed by atoms with Crippen LogP contribution in [0.1, 0.15) is 56.7 Å². The number of ether oxygens (including phenoxy) is 1. The number of carbonyl (C=O) groups is 2. The molecule has 1 amide bonds. The predicted octanol–water partition coefficient (Wildman–Crippen LogP) is 2.32. The van der Waals surface area contributed by atoms with Crippen LogP contribution in [0.25, 0.3) is 0 Å². The van der Waals surface area contributed by atoms with E-state index in [0.717, 1.165) is 12.8 Å². The van der Waals surface area contributed by atoms with Crippen LogP contribution in [0.3, 0.4) is 0 Å². The molecule has 0 saturated heterocycles. The van der Waals surface area contributed by atoms with Gasteiger partial charge in [-0.1, -0.05) is 6.07 Å². The smallest absolute Gasteiger partial charge is 0.338 e. The zero-order valence-electron chi connectivity index (χ0n) is 12.2. The molecule has 0 bridgehead atoms. The number of nitrogens with zero attached hydrogens (tertiary/aromatic N) is 1. The van der Waals surface area contributed by atoms with Gasteiger partial charge in [0.2, 0.25) is 5.91 Å². The summed E-state index contributed by atoms with van der Waals surface area (Å²) in [5.74, 6) is 0.527. The number of rotatable bonds is 5. The first-order valence-corrected chi connectivity index (χ1v) is 7.07. The first kappa shape index (κ1) is 14.3. The van der Waals surface area contributed by atoms with Crippen LogP contribution >= 0.6 is 0 Å². The molecule has 6 nitrogen and oxygen atoms in total. The predicted molar refractivity (Wildman–Crippen MR) is 77.3 cm³/mol. The van der Waals surface area contributed by atoms with E-state index in [9.17, 15) is 9.59 Å². The molecule has 1 aliphatic carbocycles. The van der Waals surface area contributed by atoms with Crippen LogP contribution in [0.15, 0.2) is 28.8 Å². The van der Waals surface area contributed by atoms with Gasteiger partial charge in [0.1, 0.15) is 0 Å². The molecule has 1 saturated carbocycles. The van der Waals surface area contributed by atoms with E-state index in [-0.39, 0.29) is 12.2 Å². The average Bonchev–Trinajstić information content (AvgIpc) is 3.24. The Morgan fingerprint density at radius 2 is 2.18 bits per heavy atom. The summed E-state index contributed by atoms with van der Waals surface area (Å²) in [5, 5.41) is 0. The topological polar surface area (TPSA) is 95.4 Å². The normalized spacial score (nSPS) is 13.9. The number of hydrogen-bond acceptors (Lipinski definition) is 5. The zero-order chi connectivity index (χ0) is 15.7. The SMILES string of the molecule is Cc1ccc(C(N)=O)cc1C(=O)OCc1cnc(C2CC2)o1. The number of hydrogen-bond donors (Lipinski definition) is 1. The molecule has 22 heavy (non-hydrogen) atoms. The highest BCUT2D eigenvalue weighted by Crippen LogP contribution is 2.39. The minimum atomic E-state index is -0.585. The Hall–Kier alpha value is -2.63. The molecule has 0 radical (unpaired) electrons. The van der Waals surface area contributed by atoms with Crippen molar-refractivity contribution in [3.8, 4) is 0 Å². The summed E-state index contributed by atoms with van der Waals surface area (Å²) in [4.78, 5) is 27.5. The summed E-state index contributed by atoms with van der Waals surface area (Å²) >= 11 is 0. The van der Waals surface area contributed by atoms with Crippen molar-refractivity contribution in [2.45, 2.75) is 32.3 Å². The fourth-order valence-corrected chi connectivity index (χ4v) is 2.12. The highest BCUT2D eigenvalue weighted by molar-refractivity contribution is 5.97. The maximum Gasteiger partial charge on any atom is 0.338 e. The zero-order valence-corrected chi connectivity index (χ0v) is 12.2. The van der Waals surface area contributed by atoms with E-state index in [1.54, 1.807) is 25.3 Å². The summed E-state index contributed by atoms with van der Waals surface area (Å²) < 4.78 is 10.7. The van der Waals surface area contributed by atoms with E-state index in [0.29, 0.717) is 28.7 Å². The highest BCUT2D eigenvalue weighted by Gasteiger charge is 2.28. The summed E-state index contributed by atoms with van der Waals surface area (Å²) in [7, 11) is 0. The second-order valence-electron chi connectivity index (χ2n) is 5.41. The minimum absolute atomic E-state index is 0.0127. The average molecular weight is 300 g/mol. The van der Waals surface area contributed by atoms with E-state index in [1.807, 2.05) is 0 Å². The Balaban J connectivity index is 1.68. The molecule has 114 valence electrons. The van der Waals surface area contributed by atoms with Crippen molar-refractivity contribution in [3.63, 3.8) is 0 Å². The molecule has 3 rings (SSSR count). The molecule has 1 fully saturated rings. The molecule has 1 aromatic carbocycles. The molecule has 1 aliphatic rings. The van der Waals surface area contributed by atoms with Crippen LogP contribution in [0.5, 0.6) is 0 Å². The summed E-state index contributed by atoms with van der Waals surface area (Å²) in [6.45, 7) is 1.78. The van der Waals surface area contributed by atoms with Gasteiger partial charge < -0.3 is 14.9 Å². The maximum absolute atomic E-state index is 12.1. The van der Waals surface area contributed by atoms with Crippen molar-refractivity contribution in [1.82, 2.24) is 4.98 Å². The molecule has 0 spiro atoms. The van der Waals surface area contributed by atoms with E-state index in [2.05, 4.69) is 4.98 Å². The Labute approximate surface area is 127 Å². The number of amides is 1. The van der Waals surface area contributed by atoms with Gasteiger partial charge >= 0.3 is 5.97 Å². The molecule has 6 heteroatoms. The Morgan fingerprint density at radius 1 is 1.41 bits per heavy atom. The third-order valence-electron chi connectivity index (χ3n) is 3.59. The van der Waals surface area contributed by atoms with Crippen molar-refractivity contribution in [3.05, 3.63) is 52.7 Å². The first-order valence-electron chi connectivity index (χ1n) is 7.07. The maximum atomic E-state index is 12.1. The fourth-order valence-electron chi connectivity index (χ4n) is 2.12. The third-order valence-corrected chi connectivity index (χ3v) is 3.59. The summed E-state index contributed by atoms with van der Waals surface area (Å²) in [5.41, 5.74) is 6.52. The largest absolute Gasteiger partial charge is 0.454 e. The highest BCUT2D eigenvalue weighted by atomic mass is 16.5. The molecule has 1 heterocycles. The molecule has 1 aromatic heterocycles. The second kappa shape index (κ2) is 5.63. The van der Waals surface area contributed by atoms with Gasteiger partial charge in [-0.3, -0.25) is 4.79 Å². The Kier molecular flexibility index (Phi) is 3.66. The van der Waals surface area contributed by atoms with Crippen LogP contribution in [0.4, 0.5) is 0 Å². The van der Waals surface area contributed by atoms with Crippen molar-refractivity contribution >= 4 is 11.9 Å².